The lowest BCUT2D eigenvalue weighted by atomic mass is 9.83. The largest absolute Gasteiger partial charge is 0.0617 e. The van der Waals surface area contributed by atoms with Crippen LogP contribution in [-0.2, 0) is 12.8 Å². The standard InChI is InChI=1S/C16H16/c1-11-6-7-13-9-14-5-3-4-12(2)16(14)10-15(13)8-11/h3-8H,9-10H2,1-2H3. The van der Waals surface area contributed by atoms with Crippen molar-refractivity contribution in [2.75, 3.05) is 0 Å². The SMILES string of the molecule is Cc1ccc2c(c1)Cc1c(C)cccc1C2. The molecule has 16 heavy (non-hydrogen) atoms. The van der Waals surface area contributed by atoms with Gasteiger partial charge in [0.1, 0.15) is 0 Å². The van der Waals surface area contributed by atoms with Gasteiger partial charge >= 0.3 is 0 Å². The monoisotopic (exact) mass is 208 g/mol. The number of hydrogen-bond acceptors (Lipinski definition) is 0. The molecule has 80 valence electrons. The molecular weight excluding hydrogens is 192 g/mol. The van der Waals surface area contributed by atoms with Gasteiger partial charge in [0.15, 0.2) is 0 Å². The highest BCUT2D eigenvalue weighted by Gasteiger charge is 2.16. The highest BCUT2D eigenvalue weighted by atomic mass is 14.2. The Morgan fingerprint density at radius 1 is 0.812 bits per heavy atom. The molecule has 0 bridgehead atoms. The summed E-state index contributed by atoms with van der Waals surface area (Å²) in [5, 5.41) is 0. The molecule has 0 unspecified atom stereocenters. The summed E-state index contributed by atoms with van der Waals surface area (Å²) in [6.07, 6.45) is 2.21. The van der Waals surface area contributed by atoms with E-state index in [2.05, 4.69) is 50.2 Å². The number of aryl methyl sites for hydroxylation is 2. The van der Waals surface area contributed by atoms with Crippen molar-refractivity contribution >= 4 is 0 Å². The third-order valence-electron chi connectivity index (χ3n) is 3.62. The topological polar surface area (TPSA) is 0 Å². The van der Waals surface area contributed by atoms with E-state index in [9.17, 15) is 0 Å². The van der Waals surface area contributed by atoms with Gasteiger partial charge in [0, 0.05) is 0 Å². The van der Waals surface area contributed by atoms with Gasteiger partial charge in [-0.05, 0) is 54.5 Å². The second kappa shape index (κ2) is 3.48. The smallest absolute Gasteiger partial charge is 0.00173 e. The number of fused-ring (bicyclic) bond motifs is 2. The molecule has 0 fully saturated rings. The molecule has 3 rings (SSSR count). The van der Waals surface area contributed by atoms with Crippen LogP contribution in [0.5, 0.6) is 0 Å². The van der Waals surface area contributed by atoms with Crippen LogP contribution in [0.15, 0.2) is 36.4 Å². The van der Waals surface area contributed by atoms with Crippen LogP contribution in [-0.4, -0.2) is 0 Å². The summed E-state index contributed by atoms with van der Waals surface area (Å²) in [6, 6.07) is 13.5. The Bertz CT molecular complexity index is 550. The Balaban J connectivity index is 2.13. The van der Waals surface area contributed by atoms with Crippen LogP contribution < -0.4 is 0 Å². The van der Waals surface area contributed by atoms with Gasteiger partial charge in [0.2, 0.25) is 0 Å². The average Bonchev–Trinajstić information content (AvgIpc) is 2.28. The van der Waals surface area contributed by atoms with Gasteiger partial charge in [0.25, 0.3) is 0 Å². The summed E-state index contributed by atoms with van der Waals surface area (Å²) in [5.41, 5.74) is 8.88. The fraction of sp³-hybridized carbons (Fsp3) is 0.250. The summed E-state index contributed by atoms with van der Waals surface area (Å²) in [6.45, 7) is 4.40. The minimum atomic E-state index is 1.10. The lowest BCUT2D eigenvalue weighted by Gasteiger charge is -2.21. The quantitative estimate of drug-likeness (QED) is 0.527. The van der Waals surface area contributed by atoms with Gasteiger partial charge < -0.3 is 0 Å². The molecule has 0 saturated heterocycles. The van der Waals surface area contributed by atoms with Crippen molar-refractivity contribution in [2.45, 2.75) is 26.7 Å². The van der Waals surface area contributed by atoms with Gasteiger partial charge in [-0.15, -0.1) is 0 Å². The van der Waals surface area contributed by atoms with Crippen molar-refractivity contribution in [3.8, 4) is 0 Å². The van der Waals surface area contributed by atoms with E-state index in [1.807, 2.05) is 0 Å². The van der Waals surface area contributed by atoms with E-state index in [4.69, 9.17) is 0 Å². The van der Waals surface area contributed by atoms with Gasteiger partial charge in [-0.1, -0.05) is 42.0 Å². The molecule has 0 aromatic heterocycles. The highest BCUT2D eigenvalue weighted by Crippen LogP contribution is 2.29. The third-order valence-corrected chi connectivity index (χ3v) is 3.62. The molecule has 0 amide bonds. The minimum absolute atomic E-state index is 1.10. The van der Waals surface area contributed by atoms with Gasteiger partial charge in [-0.3, -0.25) is 0 Å². The van der Waals surface area contributed by atoms with E-state index in [1.165, 1.54) is 27.8 Å². The van der Waals surface area contributed by atoms with Crippen LogP contribution in [0.1, 0.15) is 33.4 Å². The predicted molar refractivity (Wildman–Crippen MR) is 68.0 cm³/mol. The van der Waals surface area contributed by atoms with E-state index in [-0.39, 0.29) is 0 Å². The maximum Gasteiger partial charge on any atom is -0.00173 e. The number of hydrogen-bond donors (Lipinski definition) is 0. The van der Waals surface area contributed by atoms with Crippen molar-refractivity contribution in [2.24, 2.45) is 0 Å². The molecule has 0 saturated carbocycles. The van der Waals surface area contributed by atoms with Gasteiger partial charge in [-0.25, -0.2) is 0 Å². The predicted octanol–water partition coefficient (Wildman–Crippen LogP) is 3.80. The Hall–Kier alpha value is -1.56. The second-order valence-electron chi connectivity index (χ2n) is 4.84. The molecule has 0 heterocycles. The minimum Gasteiger partial charge on any atom is -0.0617 e. The molecule has 2 aromatic rings. The summed E-state index contributed by atoms with van der Waals surface area (Å²) in [7, 11) is 0. The summed E-state index contributed by atoms with van der Waals surface area (Å²) in [5.74, 6) is 0. The van der Waals surface area contributed by atoms with Crippen LogP contribution >= 0.6 is 0 Å². The van der Waals surface area contributed by atoms with Crippen molar-refractivity contribution in [3.05, 3.63) is 69.8 Å². The molecule has 0 atom stereocenters. The summed E-state index contributed by atoms with van der Waals surface area (Å²) in [4.78, 5) is 0. The Morgan fingerprint density at radius 3 is 2.56 bits per heavy atom. The highest BCUT2D eigenvalue weighted by molar-refractivity contribution is 5.48. The van der Waals surface area contributed by atoms with Crippen molar-refractivity contribution < 1.29 is 0 Å². The Kier molecular flexibility index (Phi) is 2.10. The second-order valence-corrected chi connectivity index (χ2v) is 4.84. The first kappa shape index (κ1) is 9.65. The first-order valence-corrected chi connectivity index (χ1v) is 5.90. The lowest BCUT2D eigenvalue weighted by molar-refractivity contribution is 0.982. The van der Waals surface area contributed by atoms with Crippen molar-refractivity contribution in [1.29, 1.82) is 0 Å². The Morgan fingerprint density at radius 2 is 1.69 bits per heavy atom. The van der Waals surface area contributed by atoms with Crippen molar-refractivity contribution in [1.82, 2.24) is 0 Å². The molecule has 0 heteroatoms. The van der Waals surface area contributed by atoms with E-state index in [0.29, 0.717) is 0 Å². The zero-order chi connectivity index (χ0) is 11.1. The third kappa shape index (κ3) is 1.46. The fourth-order valence-corrected chi connectivity index (χ4v) is 2.67. The van der Waals surface area contributed by atoms with Crippen LogP contribution in [0.25, 0.3) is 0 Å². The maximum absolute atomic E-state index is 2.34. The first-order chi connectivity index (χ1) is 7.74. The lowest BCUT2D eigenvalue weighted by Crippen LogP contribution is -2.08. The zero-order valence-corrected chi connectivity index (χ0v) is 9.88. The molecule has 2 aromatic carbocycles. The maximum atomic E-state index is 2.34. The normalized spacial score (nSPS) is 13.1. The van der Waals surface area contributed by atoms with E-state index >= 15 is 0 Å². The van der Waals surface area contributed by atoms with E-state index < -0.39 is 0 Å². The van der Waals surface area contributed by atoms with E-state index in [1.54, 1.807) is 5.56 Å². The molecule has 0 aliphatic heterocycles. The Labute approximate surface area is 96.9 Å². The average molecular weight is 208 g/mol. The van der Waals surface area contributed by atoms with Crippen LogP contribution in [0.3, 0.4) is 0 Å². The zero-order valence-electron chi connectivity index (χ0n) is 9.88. The molecular formula is C16H16. The number of rotatable bonds is 0. The molecule has 0 nitrogen and oxygen atoms in total. The number of benzene rings is 2. The molecule has 1 aliphatic rings. The van der Waals surface area contributed by atoms with Crippen LogP contribution in [0.2, 0.25) is 0 Å². The fourth-order valence-electron chi connectivity index (χ4n) is 2.67. The molecule has 1 aliphatic carbocycles. The van der Waals surface area contributed by atoms with Gasteiger partial charge in [0.05, 0.1) is 0 Å². The van der Waals surface area contributed by atoms with Crippen molar-refractivity contribution in [3.63, 3.8) is 0 Å². The van der Waals surface area contributed by atoms with E-state index in [0.717, 1.165) is 12.8 Å². The molecule has 0 radical (unpaired) electrons. The van der Waals surface area contributed by atoms with Gasteiger partial charge in [-0.2, -0.15) is 0 Å². The first-order valence-electron chi connectivity index (χ1n) is 5.90. The summed E-state index contributed by atoms with van der Waals surface area (Å²) < 4.78 is 0. The van der Waals surface area contributed by atoms with Crippen LogP contribution in [0, 0.1) is 13.8 Å². The van der Waals surface area contributed by atoms with Crippen LogP contribution in [0.4, 0.5) is 0 Å². The summed E-state index contributed by atoms with van der Waals surface area (Å²) >= 11 is 0. The molecule has 0 N–H and O–H groups in total. The molecule has 0 spiro atoms.